The number of nitrogens with zero attached hydrogens (tertiary/aromatic N) is 2. The number of methoxy groups -OCH3 is 4. The van der Waals surface area contributed by atoms with E-state index in [9.17, 15) is 9.59 Å². The summed E-state index contributed by atoms with van der Waals surface area (Å²) in [5.41, 5.74) is 1.49. The Morgan fingerprint density at radius 1 is 0.837 bits per heavy atom. The standard InChI is InChI=1S/C32H43N3O7S/c1-7-42-18-8-16-35(32(37)33-27-13-11-25(38-3)20-29(27)40-5)22-31(36)34(21-26-12-9-23(2)43-26)17-15-24-10-14-28(39-4)30(19-24)41-6/h9-14,19-20H,7-8,15-18,21-22H2,1-6H3,(H,33,37). The highest BCUT2D eigenvalue weighted by molar-refractivity contribution is 7.11. The number of carbonyl (C=O) groups excluding carboxylic acids is 2. The zero-order valence-corrected chi connectivity index (χ0v) is 26.8. The fourth-order valence-corrected chi connectivity index (χ4v) is 5.37. The van der Waals surface area contributed by atoms with Crippen LogP contribution in [0, 0.1) is 6.92 Å². The minimum absolute atomic E-state index is 0.0906. The second kappa shape index (κ2) is 17.2. The van der Waals surface area contributed by atoms with Gasteiger partial charge in [-0.1, -0.05) is 6.07 Å². The van der Waals surface area contributed by atoms with E-state index in [4.69, 9.17) is 23.7 Å². The van der Waals surface area contributed by atoms with Gasteiger partial charge in [-0.3, -0.25) is 4.79 Å². The average Bonchev–Trinajstić information content (AvgIpc) is 3.44. The van der Waals surface area contributed by atoms with Gasteiger partial charge in [0.1, 0.15) is 18.0 Å². The Morgan fingerprint density at radius 3 is 2.26 bits per heavy atom. The Labute approximate surface area is 258 Å². The number of carbonyl (C=O) groups is 2. The lowest BCUT2D eigenvalue weighted by Gasteiger charge is -2.28. The molecule has 234 valence electrons. The third-order valence-electron chi connectivity index (χ3n) is 6.80. The number of ether oxygens (including phenoxy) is 5. The van der Waals surface area contributed by atoms with Crippen molar-refractivity contribution in [2.45, 2.75) is 33.2 Å². The van der Waals surface area contributed by atoms with Gasteiger partial charge in [0, 0.05) is 42.1 Å². The fraction of sp³-hybridized carbons (Fsp3) is 0.438. The molecule has 0 aliphatic carbocycles. The zero-order valence-electron chi connectivity index (χ0n) is 25.9. The van der Waals surface area contributed by atoms with Crippen molar-refractivity contribution in [1.29, 1.82) is 0 Å². The first-order chi connectivity index (χ1) is 20.8. The smallest absolute Gasteiger partial charge is 0.322 e. The van der Waals surface area contributed by atoms with E-state index in [1.54, 1.807) is 55.8 Å². The summed E-state index contributed by atoms with van der Waals surface area (Å²) in [4.78, 5) is 33.0. The van der Waals surface area contributed by atoms with E-state index < -0.39 is 6.03 Å². The topological polar surface area (TPSA) is 98.8 Å². The van der Waals surface area contributed by atoms with Crippen LogP contribution in [-0.4, -0.2) is 83.0 Å². The number of thiophene rings is 1. The van der Waals surface area contributed by atoms with E-state index >= 15 is 0 Å². The number of hydrogen-bond acceptors (Lipinski definition) is 8. The van der Waals surface area contributed by atoms with Crippen LogP contribution in [0.1, 0.15) is 28.7 Å². The summed E-state index contributed by atoms with van der Waals surface area (Å²) in [7, 11) is 6.29. The van der Waals surface area contributed by atoms with Crippen LogP contribution in [0.15, 0.2) is 48.5 Å². The molecule has 1 heterocycles. The van der Waals surface area contributed by atoms with Crippen molar-refractivity contribution in [3.05, 3.63) is 63.8 Å². The molecule has 10 nitrogen and oxygen atoms in total. The van der Waals surface area contributed by atoms with Crippen molar-refractivity contribution in [1.82, 2.24) is 9.80 Å². The predicted octanol–water partition coefficient (Wildman–Crippen LogP) is 5.62. The summed E-state index contributed by atoms with van der Waals surface area (Å²) in [6.45, 7) is 6.20. The van der Waals surface area contributed by atoms with E-state index in [0.29, 0.717) is 74.4 Å². The molecule has 0 spiro atoms. The maximum atomic E-state index is 13.9. The molecule has 3 amide bonds. The highest BCUT2D eigenvalue weighted by atomic mass is 32.1. The van der Waals surface area contributed by atoms with Crippen LogP contribution in [-0.2, 0) is 22.5 Å². The summed E-state index contributed by atoms with van der Waals surface area (Å²) >= 11 is 1.66. The van der Waals surface area contributed by atoms with Crippen LogP contribution in [0.4, 0.5) is 10.5 Å². The molecule has 2 aromatic carbocycles. The molecule has 3 aromatic rings. The minimum Gasteiger partial charge on any atom is -0.497 e. The second-order valence-electron chi connectivity index (χ2n) is 9.74. The molecular formula is C32H43N3O7S. The molecule has 0 bridgehead atoms. The summed E-state index contributed by atoms with van der Waals surface area (Å²) in [6, 6.07) is 14.6. The number of amides is 3. The Bertz CT molecular complexity index is 1330. The van der Waals surface area contributed by atoms with Crippen molar-refractivity contribution < 1.29 is 33.3 Å². The minimum atomic E-state index is -0.403. The summed E-state index contributed by atoms with van der Waals surface area (Å²) in [5.74, 6) is 2.19. The van der Waals surface area contributed by atoms with Gasteiger partial charge < -0.3 is 38.8 Å². The molecule has 1 aromatic heterocycles. The summed E-state index contributed by atoms with van der Waals surface area (Å²) < 4.78 is 27.0. The van der Waals surface area contributed by atoms with Crippen LogP contribution >= 0.6 is 11.3 Å². The Kier molecular flexibility index (Phi) is 13.4. The van der Waals surface area contributed by atoms with Crippen LogP contribution in [0.25, 0.3) is 0 Å². The van der Waals surface area contributed by atoms with Gasteiger partial charge >= 0.3 is 6.03 Å². The summed E-state index contributed by atoms with van der Waals surface area (Å²) in [6.07, 6.45) is 1.19. The zero-order chi connectivity index (χ0) is 31.2. The third-order valence-corrected chi connectivity index (χ3v) is 7.78. The molecule has 11 heteroatoms. The number of anilines is 1. The maximum Gasteiger partial charge on any atom is 0.322 e. The first kappa shape index (κ1) is 33.5. The monoisotopic (exact) mass is 613 g/mol. The van der Waals surface area contributed by atoms with Crippen LogP contribution in [0.2, 0.25) is 0 Å². The molecule has 0 radical (unpaired) electrons. The number of benzene rings is 2. The normalized spacial score (nSPS) is 10.7. The average molecular weight is 614 g/mol. The molecule has 1 N–H and O–H groups in total. The molecular weight excluding hydrogens is 570 g/mol. The van der Waals surface area contributed by atoms with Crippen molar-refractivity contribution >= 4 is 29.0 Å². The lowest BCUT2D eigenvalue weighted by atomic mass is 10.1. The molecule has 0 saturated heterocycles. The van der Waals surface area contributed by atoms with Gasteiger partial charge in [0.25, 0.3) is 0 Å². The summed E-state index contributed by atoms with van der Waals surface area (Å²) in [5, 5.41) is 2.90. The lowest BCUT2D eigenvalue weighted by Crippen LogP contribution is -2.45. The van der Waals surface area contributed by atoms with E-state index in [1.807, 2.05) is 44.2 Å². The molecule has 0 aliphatic rings. The number of urea groups is 1. The Morgan fingerprint density at radius 2 is 1.60 bits per heavy atom. The van der Waals surface area contributed by atoms with Gasteiger partial charge in [-0.25, -0.2) is 4.79 Å². The quantitative estimate of drug-likeness (QED) is 0.197. The predicted molar refractivity (Wildman–Crippen MR) is 169 cm³/mol. The van der Waals surface area contributed by atoms with E-state index in [0.717, 1.165) is 10.4 Å². The van der Waals surface area contributed by atoms with Crippen LogP contribution in [0.3, 0.4) is 0 Å². The van der Waals surface area contributed by atoms with Gasteiger partial charge in [0.05, 0.1) is 40.7 Å². The van der Waals surface area contributed by atoms with Gasteiger partial charge in [-0.15, -0.1) is 11.3 Å². The maximum absolute atomic E-state index is 13.9. The van der Waals surface area contributed by atoms with Crippen molar-refractivity contribution in [3.63, 3.8) is 0 Å². The Hall–Kier alpha value is -3.96. The lowest BCUT2D eigenvalue weighted by molar-refractivity contribution is -0.132. The van der Waals surface area contributed by atoms with Crippen LogP contribution in [0.5, 0.6) is 23.0 Å². The molecule has 3 rings (SSSR count). The Balaban J connectivity index is 1.80. The number of nitrogens with one attached hydrogen (secondary N) is 1. The largest absolute Gasteiger partial charge is 0.497 e. The van der Waals surface area contributed by atoms with Crippen LogP contribution < -0.4 is 24.3 Å². The highest BCUT2D eigenvalue weighted by Gasteiger charge is 2.23. The highest BCUT2D eigenvalue weighted by Crippen LogP contribution is 2.30. The molecule has 0 unspecified atom stereocenters. The number of hydrogen-bond donors (Lipinski definition) is 1. The molecule has 0 fully saturated rings. The van der Waals surface area contributed by atoms with Gasteiger partial charge in [0.15, 0.2) is 11.5 Å². The molecule has 43 heavy (non-hydrogen) atoms. The molecule has 0 saturated carbocycles. The van der Waals surface area contributed by atoms with Gasteiger partial charge in [-0.2, -0.15) is 0 Å². The van der Waals surface area contributed by atoms with E-state index in [-0.39, 0.29) is 12.5 Å². The first-order valence-electron chi connectivity index (χ1n) is 14.2. The SMILES string of the molecule is CCOCCCN(CC(=O)N(CCc1ccc(OC)c(OC)c1)Cc1ccc(C)s1)C(=O)Nc1ccc(OC)cc1OC. The van der Waals surface area contributed by atoms with Crippen molar-refractivity contribution in [2.75, 3.05) is 66.6 Å². The number of rotatable bonds is 17. The van der Waals surface area contributed by atoms with E-state index in [1.165, 1.54) is 16.9 Å². The third kappa shape index (κ3) is 10.1. The first-order valence-corrected chi connectivity index (χ1v) is 15.0. The number of aryl methyl sites for hydroxylation is 1. The molecule has 0 aliphatic heterocycles. The second-order valence-corrected chi connectivity index (χ2v) is 11.1. The fourth-order valence-electron chi connectivity index (χ4n) is 4.46. The van der Waals surface area contributed by atoms with Gasteiger partial charge in [-0.05, 0) is 68.7 Å². The van der Waals surface area contributed by atoms with Crippen molar-refractivity contribution in [2.24, 2.45) is 0 Å². The van der Waals surface area contributed by atoms with E-state index in [2.05, 4.69) is 5.32 Å². The van der Waals surface area contributed by atoms with Gasteiger partial charge in [0.2, 0.25) is 5.91 Å². The molecule has 0 atom stereocenters. The van der Waals surface area contributed by atoms with Crippen molar-refractivity contribution in [3.8, 4) is 23.0 Å².